The van der Waals surface area contributed by atoms with Gasteiger partial charge in [0.05, 0.1) is 18.9 Å². The molecule has 0 radical (unpaired) electrons. The predicted octanol–water partition coefficient (Wildman–Crippen LogP) is 3.12. The molecule has 4 amide bonds. The van der Waals surface area contributed by atoms with Crippen LogP contribution in [0.25, 0.3) is 10.8 Å². The number of fused-ring (bicyclic) bond motifs is 3. The van der Waals surface area contributed by atoms with Gasteiger partial charge >= 0.3 is 6.09 Å². The molecule has 4 aliphatic rings. The lowest BCUT2D eigenvalue weighted by Crippen LogP contribution is -2.58. The standard InChI is InChI=1S/C37H50N6O9S2/c1-36(2,3)52-35(47)38-28-21-53-15-9-7-8-10-23-19-37(23,34(46)41-54(48,49)26-12-13-26)40-31(44)29-18-25(20-43(29)33(28)45)51-32-27-14-11-24(50-6)16-22(27)17-30(39-32)42(4)5/h8,10-11,14,16-17,23,25-26,28-29H,7,9,12-13,15,18-21H2,1-6H3,(H,38,47)(H,40,44)(H,41,46)/t23?,25?,28-,29-,37+/m0/s1. The fourth-order valence-electron chi connectivity index (χ4n) is 6.73. The van der Waals surface area contributed by atoms with Gasteiger partial charge in [0.25, 0.3) is 5.91 Å². The summed E-state index contributed by atoms with van der Waals surface area (Å²) in [7, 11) is 1.39. The monoisotopic (exact) mass is 786 g/mol. The summed E-state index contributed by atoms with van der Waals surface area (Å²) in [4.78, 5) is 63.6. The predicted molar refractivity (Wildman–Crippen MR) is 205 cm³/mol. The number of sulfonamides is 1. The quantitative estimate of drug-likeness (QED) is 0.333. The Hall–Kier alpha value is -4.25. The Morgan fingerprint density at radius 3 is 2.59 bits per heavy atom. The summed E-state index contributed by atoms with van der Waals surface area (Å²) in [6.45, 7) is 5.14. The lowest BCUT2D eigenvalue weighted by atomic mass is 10.1. The van der Waals surface area contributed by atoms with E-state index in [9.17, 15) is 27.6 Å². The molecule has 3 N–H and O–H groups in total. The van der Waals surface area contributed by atoms with E-state index in [-0.39, 0.29) is 25.1 Å². The van der Waals surface area contributed by atoms with Crippen molar-refractivity contribution in [1.29, 1.82) is 0 Å². The van der Waals surface area contributed by atoms with Crippen LogP contribution in [-0.2, 0) is 29.1 Å². The SMILES string of the molecule is COc1ccc2c(OC3C[C@H]4C(=O)N[C@]5(C(=O)NS(=O)(=O)C6CC6)CC5C=CCCCSC[C@H](NC(=O)OC(C)(C)C)C(=O)N4C3)nc(N(C)C)cc2c1. The Morgan fingerprint density at radius 1 is 1.15 bits per heavy atom. The molecule has 3 heterocycles. The van der Waals surface area contributed by atoms with Crippen molar-refractivity contribution in [3.05, 3.63) is 36.4 Å². The topological polar surface area (TPSA) is 186 Å². The van der Waals surface area contributed by atoms with E-state index in [2.05, 4.69) is 15.4 Å². The number of anilines is 1. The first kappa shape index (κ1) is 39.4. The van der Waals surface area contributed by atoms with E-state index < -0.39 is 74.3 Å². The van der Waals surface area contributed by atoms with Crippen molar-refractivity contribution in [1.82, 2.24) is 25.2 Å². The fourth-order valence-corrected chi connectivity index (χ4v) is 9.09. The number of hydrogen-bond donors (Lipinski definition) is 3. The van der Waals surface area contributed by atoms with E-state index >= 15 is 0 Å². The van der Waals surface area contributed by atoms with Crippen LogP contribution in [-0.4, -0.2) is 116 Å². The van der Waals surface area contributed by atoms with E-state index in [1.54, 1.807) is 33.9 Å². The first-order valence-corrected chi connectivity index (χ1v) is 20.9. The molecule has 0 bridgehead atoms. The van der Waals surface area contributed by atoms with Gasteiger partial charge in [-0.2, -0.15) is 16.7 Å². The number of carbonyl (C=O) groups is 4. The number of rotatable bonds is 8. The van der Waals surface area contributed by atoms with Gasteiger partial charge in [0, 0.05) is 37.6 Å². The van der Waals surface area contributed by atoms with E-state index in [4.69, 9.17) is 19.2 Å². The molecular weight excluding hydrogens is 737 g/mol. The lowest BCUT2D eigenvalue weighted by Gasteiger charge is -2.30. The molecule has 2 unspecified atom stereocenters. The van der Waals surface area contributed by atoms with Crippen LogP contribution in [0.15, 0.2) is 36.4 Å². The minimum absolute atomic E-state index is 0.0296. The van der Waals surface area contributed by atoms with Gasteiger partial charge in [-0.3, -0.25) is 19.1 Å². The van der Waals surface area contributed by atoms with Gasteiger partial charge in [0.15, 0.2) is 0 Å². The molecule has 0 spiro atoms. The number of benzene rings is 1. The van der Waals surface area contributed by atoms with Crippen LogP contribution in [0.3, 0.4) is 0 Å². The highest BCUT2D eigenvalue weighted by atomic mass is 32.2. The molecule has 2 saturated carbocycles. The minimum atomic E-state index is -3.90. The third-order valence-electron chi connectivity index (χ3n) is 9.84. The van der Waals surface area contributed by atoms with Crippen molar-refractivity contribution in [3.8, 4) is 11.6 Å². The third kappa shape index (κ3) is 8.99. The smallest absolute Gasteiger partial charge is 0.408 e. The van der Waals surface area contributed by atoms with Crippen LogP contribution in [0, 0.1) is 5.92 Å². The summed E-state index contributed by atoms with van der Waals surface area (Å²) < 4.78 is 45.4. The second-order valence-corrected chi connectivity index (χ2v) is 18.7. The Kier molecular flexibility index (Phi) is 11.3. The Balaban J connectivity index is 1.34. The summed E-state index contributed by atoms with van der Waals surface area (Å²) in [5, 5.41) is 6.48. The molecule has 1 saturated heterocycles. The zero-order valence-electron chi connectivity index (χ0n) is 31.5. The van der Waals surface area contributed by atoms with Crippen LogP contribution in [0.4, 0.5) is 10.6 Å². The van der Waals surface area contributed by atoms with E-state index in [0.29, 0.717) is 47.8 Å². The Morgan fingerprint density at radius 2 is 1.91 bits per heavy atom. The number of thioether (sulfide) groups is 1. The van der Waals surface area contributed by atoms with Crippen molar-refractivity contribution in [2.75, 3.05) is 44.2 Å². The van der Waals surface area contributed by atoms with Gasteiger partial charge in [-0.1, -0.05) is 12.2 Å². The highest BCUT2D eigenvalue weighted by molar-refractivity contribution is 7.99. The highest BCUT2D eigenvalue weighted by Crippen LogP contribution is 2.46. The van der Waals surface area contributed by atoms with E-state index in [1.165, 1.54) is 16.7 Å². The number of nitrogens with one attached hydrogen (secondary N) is 3. The second-order valence-electron chi connectivity index (χ2n) is 15.5. The molecule has 17 heteroatoms. The van der Waals surface area contributed by atoms with Crippen molar-refractivity contribution in [2.45, 2.75) is 93.9 Å². The van der Waals surface area contributed by atoms with E-state index in [1.807, 2.05) is 49.3 Å². The third-order valence-corrected chi connectivity index (χ3v) is 12.8. The number of aromatic nitrogens is 1. The molecule has 1 aromatic heterocycles. The zero-order chi connectivity index (χ0) is 39.0. The average Bonchev–Trinajstić information content (AvgIpc) is 4.02. The average molecular weight is 787 g/mol. The maximum absolute atomic E-state index is 14.5. The molecule has 2 aliphatic carbocycles. The second kappa shape index (κ2) is 15.5. The molecular formula is C37H50N6O9S2. The Labute approximate surface area is 320 Å². The summed E-state index contributed by atoms with van der Waals surface area (Å²) >= 11 is 1.49. The zero-order valence-corrected chi connectivity index (χ0v) is 33.2. The van der Waals surface area contributed by atoms with Gasteiger partial charge < -0.3 is 34.6 Å². The molecule has 294 valence electrons. The normalized spacial score (nSPS) is 26.4. The maximum atomic E-state index is 14.5. The first-order chi connectivity index (χ1) is 25.5. The number of hydrogen-bond acceptors (Lipinski definition) is 12. The molecule has 2 aromatic rings. The number of nitrogens with zero attached hydrogens (tertiary/aromatic N) is 3. The van der Waals surface area contributed by atoms with Crippen molar-refractivity contribution in [2.24, 2.45) is 5.92 Å². The van der Waals surface area contributed by atoms with E-state index in [0.717, 1.165) is 11.8 Å². The molecule has 2 aliphatic heterocycles. The van der Waals surface area contributed by atoms with Gasteiger partial charge in [0.2, 0.25) is 27.7 Å². The van der Waals surface area contributed by atoms with Gasteiger partial charge in [0.1, 0.15) is 40.9 Å². The molecule has 3 fully saturated rings. The van der Waals surface area contributed by atoms with Crippen LogP contribution in [0.1, 0.15) is 59.3 Å². The summed E-state index contributed by atoms with van der Waals surface area (Å²) in [5.74, 6) is 0.0947. The summed E-state index contributed by atoms with van der Waals surface area (Å²) in [5.41, 5.74) is -2.33. The van der Waals surface area contributed by atoms with Gasteiger partial charge in [-0.05, 0) is 88.3 Å². The molecule has 15 nitrogen and oxygen atoms in total. The Bertz CT molecular complexity index is 1930. The lowest BCUT2D eigenvalue weighted by molar-refractivity contribution is -0.140. The number of pyridine rings is 1. The minimum Gasteiger partial charge on any atom is -0.497 e. The number of methoxy groups -OCH3 is 1. The number of ether oxygens (including phenoxy) is 3. The molecule has 5 atom stereocenters. The first-order valence-electron chi connectivity index (χ1n) is 18.2. The van der Waals surface area contributed by atoms with Crippen molar-refractivity contribution < 1.29 is 41.8 Å². The summed E-state index contributed by atoms with van der Waals surface area (Å²) in [6, 6.07) is 5.22. The fraction of sp³-hybridized carbons (Fsp3) is 0.595. The van der Waals surface area contributed by atoms with Crippen LogP contribution in [0.5, 0.6) is 11.6 Å². The van der Waals surface area contributed by atoms with Crippen molar-refractivity contribution in [3.63, 3.8) is 0 Å². The van der Waals surface area contributed by atoms with Crippen LogP contribution in [0.2, 0.25) is 0 Å². The number of carbonyl (C=O) groups excluding carboxylic acids is 4. The molecule has 54 heavy (non-hydrogen) atoms. The molecule has 1 aromatic carbocycles. The highest BCUT2D eigenvalue weighted by Gasteiger charge is 2.62. The maximum Gasteiger partial charge on any atom is 0.408 e. The van der Waals surface area contributed by atoms with Gasteiger partial charge in [-0.25, -0.2) is 13.2 Å². The van der Waals surface area contributed by atoms with Crippen LogP contribution >= 0.6 is 11.8 Å². The summed E-state index contributed by atoms with van der Waals surface area (Å²) in [6.07, 6.45) is 4.91. The largest absolute Gasteiger partial charge is 0.497 e. The van der Waals surface area contributed by atoms with Crippen molar-refractivity contribution >= 4 is 62.2 Å². The molecule has 6 rings (SSSR count). The number of alkyl carbamates (subject to hydrolysis) is 1. The number of amides is 4. The van der Waals surface area contributed by atoms with Gasteiger partial charge in [-0.15, -0.1) is 0 Å². The van der Waals surface area contributed by atoms with Crippen LogP contribution < -0.4 is 29.7 Å². The number of allylic oxidation sites excluding steroid dienone is 1.